The molecule has 1 aromatic carbocycles. The molecule has 2 rings (SSSR count). The largest absolute Gasteiger partial charge is 0.478 e. The van der Waals surface area contributed by atoms with E-state index in [1.54, 1.807) is 0 Å². The lowest BCUT2D eigenvalue weighted by atomic mass is 9.95. The van der Waals surface area contributed by atoms with Gasteiger partial charge in [0.1, 0.15) is 0 Å². The molecule has 0 radical (unpaired) electrons. The lowest BCUT2D eigenvalue weighted by molar-refractivity contribution is 0.0698. The van der Waals surface area contributed by atoms with E-state index < -0.39 is 5.97 Å². The van der Waals surface area contributed by atoms with Gasteiger partial charge in [0.2, 0.25) is 0 Å². The van der Waals surface area contributed by atoms with Gasteiger partial charge in [-0.2, -0.15) is 0 Å². The minimum Gasteiger partial charge on any atom is -0.478 e. The Morgan fingerprint density at radius 2 is 1.96 bits per heavy atom. The van der Waals surface area contributed by atoms with Crippen LogP contribution in [0.2, 0.25) is 0 Å². The van der Waals surface area contributed by atoms with Gasteiger partial charge in [-0.25, -0.2) is 4.79 Å². The molecule has 0 unspecified atom stereocenters. The van der Waals surface area contributed by atoms with Crippen molar-refractivity contribution in [3.05, 3.63) is 34.5 Å². The normalized spacial score (nSPS) is 11.6. The summed E-state index contributed by atoms with van der Waals surface area (Å²) in [4.78, 5) is 11.9. The highest BCUT2D eigenvalue weighted by molar-refractivity contribution is 6.04. The van der Waals surface area contributed by atoms with Crippen molar-refractivity contribution < 1.29 is 15.0 Å². The SMILES string of the molecule is CCCCn1c(C)c(CCCO)c2cc(C(C)C)cc(C(=O)O)c21. The molecular weight excluding hydrogens is 302 g/mol. The van der Waals surface area contributed by atoms with Crippen molar-refractivity contribution >= 4 is 16.9 Å². The van der Waals surface area contributed by atoms with Crippen molar-refractivity contribution in [2.45, 2.75) is 65.8 Å². The van der Waals surface area contributed by atoms with Crippen LogP contribution in [-0.2, 0) is 13.0 Å². The molecule has 0 saturated heterocycles. The Hall–Kier alpha value is -1.81. The number of carbonyl (C=O) groups is 1. The quantitative estimate of drug-likeness (QED) is 0.749. The van der Waals surface area contributed by atoms with Crippen LogP contribution in [0.25, 0.3) is 10.9 Å². The van der Waals surface area contributed by atoms with Crippen molar-refractivity contribution in [2.75, 3.05) is 6.61 Å². The summed E-state index contributed by atoms with van der Waals surface area (Å²) in [7, 11) is 0. The van der Waals surface area contributed by atoms with Crippen LogP contribution in [0.1, 0.15) is 73.1 Å². The maximum atomic E-state index is 11.9. The highest BCUT2D eigenvalue weighted by atomic mass is 16.4. The highest BCUT2D eigenvalue weighted by Crippen LogP contribution is 2.33. The van der Waals surface area contributed by atoms with Gasteiger partial charge in [0.05, 0.1) is 11.1 Å². The highest BCUT2D eigenvalue weighted by Gasteiger charge is 2.21. The lowest BCUT2D eigenvalue weighted by Gasteiger charge is -2.12. The Labute approximate surface area is 144 Å². The molecule has 0 aliphatic rings. The summed E-state index contributed by atoms with van der Waals surface area (Å²) < 4.78 is 2.17. The van der Waals surface area contributed by atoms with Crippen molar-refractivity contribution in [3.8, 4) is 0 Å². The minimum absolute atomic E-state index is 0.150. The average molecular weight is 331 g/mol. The van der Waals surface area contributed by atoms with E-state index in [4.69, 9.17) is 0 Å². The molecule has 0 spiro atoms. The maximum Gasteiger partial charge on any atom is 0.337 e. The Morgan fingerprint density at radius 1 is 1.25 bits per heavy atom. The number of hydrogen-bond donors (Lipinski definition) is 2. The molecular formula is C20H29NO3. The number of aromatic carboxylic acids is 1. The second-order valence-corrected chi connectivity index (χ2v) is 6.82. The number of fused-ring (bicyclic) bond motifs is 1. The molecule has 0 bridgehead atoms. The molecule has 0 atom stereocenters. The number of hydrogen-bond acceptors (Lipinski definition) is 2. The molecule has 0 aliphatic heterocycles. The smallest absolute Gasteiger partial charge is 0.337 e. The number of carboxylic acids is 1. The van der Waals surface area contributed by atoms with Crippen LogP contribution in [0, 0.1) is 6.92 Å². The third kappa shape index (κ3) is 3.48. The number of nitrogens with zero attached hydrogens (tertiary/aromatic N) is 1. The van der Waals surface area contributed by atoms with Crippen molar-refractivity contribution in [1.29, 1.82) is 0 Å². The summed E-state index contributed by atoms with van der Waals surface area (Å²) in [6.07, 6.45) is 3.56. The number of aliphatic hydroxyl groups excluding tert-OH is 1. The van der Waals surface area contributed by atoms with E-state index in [0.29, 0.717) is 12.0 Å². The van der Waals surface area contributed by atoms with Crippen LogP contribution >= 0.6 is 0 Å². The predicted octanol–water partition coefficient (Wildman–Crippen LogP) is 4.50. The Balaban J connectivity index is 2.79. The number of benzene rings is 1. The topological polar surface area (TPSA) is 62.5 Å². The second kappa shape index (κ2) is 7.84. The number of carboxylic acid groups (broad SMARTS) is 1. The molecule has 0 saturated carbocycles. The van der Waals surface area contributed by atoms with Gasteiger partial charge in [-0.05, 0) is 55.4 Å². The molecule has 2 aromatic rings. The van der Waals surface area contributed by atoms with Gasteiger partial charge in [0.25, 0.3) is 0 Å². The van der Waals surface area contributed by atoms with Crippen LogP contribution < -0.4 is 0 Å². The first kappa shape index (κ1) is 18.5. The standard InChI is InChI=1S/C20H29NO3/c1-5-6-9-21-14(4)16(8-7-10-22)17-11-15(13(2)3)12-18(19(17)21)20(23)24/h11-13,22H,5-10H2,1-4H3,(H,23,24). The number of aliphatic hydroxyl groups is 1. The number of unbranched alkanes of at least 4 members (excludes halogenated alkanes) is 1. The fourth-order valence-corrected chi connectivity index (χ4v) is 3.37. The molecule has 132 valence electrons. The average Bonchev–Trinajstić information content (AvgIpc) is 2.81. The molecule has 0 aliphatic carbocycles. The van der Waals surface area contributed by atoms with Gasteiger partial charge in [-0.1, -0.05) is 27.2 Å². The summed E-state index contributed by atoms with van der Waals surface area (Å²) >= 11 is 0. The summed E-state index contributed by atoms with van der Waals surface area (Å²) in [5, 5.41) is 20.0. The molecule has 1 aromatic heterocycles. The van der Waals surface area contributed by atoms with Gasteiger partial charge in [-0.15, -0.1) is 0 Å². The van der Waals surface area contributed by atoms with Gasteiger partial charge >= 0.3 is 5.97 Å². The van der Waals surface area contributed by atoms with Crippen LogP contribution in [0.3, 0.4) is 0 Å². The van der Waals surface area contributed by atoms with Crippen molar-refractivity contribution in [1.82, 2.24) is 4.57 Å². The fraction of sp³-hybridized carbons (Fsp3) is 0.550. The monoisotopic (exact) mass is 331 g/mol. The molecule has 1 heterocycles. The molecule has 0 fully saturated rings. The van der Waals surface area contributed by atoms with E-state index in [1.165, 1.54) is 5.56 Å². The Bertz CT molecular complexity index is 728. The zero-order chi connectivity index (χ0) is 17.9. The van der Waals surface area contributed by atoms with Crippen LogP contribution in [-0.4, -0.2) is 27.4 Å². The fourth-order valence-electron chi connectivity index (χ4n) is 3.37. The van der Waals surface area contributed by atoms with E-state index in [-0.39, 0.29) is 12.5 Å². The van der Waals surface area contributed by atoms with Crippen LogP contribution in [0.15, 0.2) is 12.1 Å². The van der Waals surface area contributed by atoms with Gasteiger partial charge in [0.15, 0.2) is 0 Å². The number of aryl methyl sites for hydroxylation is 2. The van der Waals surface area contributed by atoms with Gasteiger partial charge in [-0.3, -0.25) is 0 Å². The predicted molar refractivity (Wildman–Crippen MR) is 98.0 cm³/mol. The van der Waals surface area contributed by atoms with E-state index >= 15 is 0 Å². The van der Waals surface area contributed by atoms with Gasteiger partial charge in [0, 0.05) is 24.2 Å². The van der Waals surface area contributed by atoms with Gasteiger partial charge < -0.3 is 14.8 Å². The zero-order valence-electron chi connectivity index (χ0n) is 15.2. The minimum atomic E-state index is -0.869. The molecule has 0 amide bonds. The first-order valence-electron chi connectivity index (χ1n) is 8.92. The maximum absolute atomic E-state index is 11.9. The molecule has 4 nitrogen and oxygen atoms in total. The summed E-state index contributed by atoms with van der Waals surface area (Å²) in [5.74, 6) is -0.594. The van der Waals surface area contributed by atoms with E-state index in [1.807, 2.05) is 6.07 Å². The van der Waals surface area contributed by atoms with E-state index in [0.717, 1.165) is 48.0 Å². The summed E-state index contributed by atoms with van der Waals surface area (Å²) in [5.41, 5.74) is 4.60. The van der Waals surface area contributed by atoms with Crippen LogP contribution in [0.4, 0.5) is 0 Å². The van der Waals surface area contributed by atoms with Crippen LogP contribution in [0.5, 0.6) is 0 Å². The molecule has 24 heavy (non-hydrogen) atoms. The number of rotatable bonds is 8. The Morgan fingerprint density at radius 3 is 2.50 bits per heavy atom. The van der Waals surface area contributed by atoms with E-state index in [9.17, 15) is 15.0 Å². The third-order valence-corrected chi connectivity index (χ3v) is 4.79. The Kier molecular flexibility index (Phi) is 6.05. The number of aromatic nitrogens is 1. The van der Waals surface area contributed by atoms with E-state index in [2.05, 4.69) is 38.3 Å². The third-order valence-electron chi connectivity index (χ3n) is 4.79. The molecule has 4 heteroatoms. The summed E-state index contributed by atoms with van der Waals surface area (Å²) in [6, 6.07) is 3.97. The first-order valence-corrected chi connectivity index (χ1v) is 8.92. The lowest BCUT2D eigenvalue weighted by Crippen LogP contribution is -2.06. The van der Waals surface area contributed by atoms with Crippen molar-refractivity contribution in [2.24, 2.45) is 0 Å². The van der Waals surface area contributed by atoms with Crippen molar-refractivity contribution in [3.63, 3.8) is 0 Å². The summed E-state index contributed by atoms with van der Waals surface area (Å²) in [6.45, 7) is 9.37. The molecule has 2 N–H and O–H groups in total. The first-order chi connectivity index (χ1) is 11.4. The zero-order valence-corrected chi connectivity index (χ0v) is 15.2. The second-order valence-electron chi connectivity index (χ2n) is 6.82.